The Balaban J connectivity index is 3.13. The Bertz CT molecular complexity index is 451. The molecule has 1 aromatic rings. The average Bonchev–Trinajstić information content (AvgIpc) is 2.14. The van der Waals surface area contributed by atoms with Crippen molar-refractivity contribution in [1.29, 1.82) is 0 Å². The highest BCUT2D eigenvalue weighted by Crippen LogP contribution is 2.25. The molecule has 0 fully saturated rings. The topological polar surface area (TPSA) is 93.6 Å². The van der Waals surface area contributed by atoms with E-state index in [4.69, 9.17) is 0 Å². The molecule has 0 saturated heterocycles. The molecule has 0 aromatic heterocycles. The van der Waals surface area contributed by atoms with Gasteiger partial charge >= 0.3 is 0 Å². The highest BCUT2D eigenvalue weighted by molar-refractivity contribution is 5.59. The summed E-state index contributed by atoms with van der Waals surface area (Å²) in [4.78, 5) is 10.8. The van der Waals surface area contributed by atoms with Gasteiger partial charge in [0.25, 0.3) is 5.69 Å². The molecule has 0 saturated carbocycles. The summed E-state index contributed by atoms with van der Waals surface area (Å²) >= 11 is 0. The van der Waals surface area contributed by atoms with Gasteiger partial charge in [-0.25, -0.2) is 10.1 Å². The van der Waals surface area contributed by atoms with Gasteiger partial charge in [0.2, 0.25) is 0 Å². The van der Waals surface area contributed by atoms with Crippen molar-refractivity contribution < 1.29 is 9.89 Å². The van der Waals surface area contributed by atoms with Crippen LogP contribution < -0.4 is 5.43 Å². The van der Waals surface area contributed by atoms with E-state index in [1.165, 1.54) is 12.1 Å². The lowest BCUT2D eigenvalue weighted by Crippen LogP contribution is -2.14. The maximum absolute atomic E-state index is 11.8. The molecule has 0 atom stereocenters. The van der Waals surface area contributed by atoms with Crippen LogP contribution in [0.1, 0.15) is 20.8 Å². The summed E-state index contributed by atoms with van der Waals surface area (Å²) < 4.78 is 0. The van der Waals surface area contributed by atoms with E-state index in [9.17, 15) is 15.3 Å². The Morgan fingerprint density at radius 1 is 1.24 bits per heavy atom. The molecule has 1 N–H and O–H groups in total. The number of benzene rings is 1. The number of hydrazine groups is 1. The van der Waals surface area contributed by atoms with Crippen molar-refractivity contribution in [3.8, 4) is 0 Å². The SMILES string of the molecule is CC(C)(C)N=[N+]([O-])c1ccccc1N[N+](=O)[O-]. The van der Waals surface area contributed by atoms with E-state index >= 15 is 0 Å². The van der Waals surface area contributed by atoms with E-state index in [-0.39, 0.29) is 11.4 Å². The quantitative estimate of drug-likeness (QED) is 0.379. The first-order valence-corrected chi connectivity index (χ1v) is 5.00. The van der Waals surface area contributed by atoms with Crippen LogP contribution in [0.2, 0.25) is 0 Å². The van der Waals surface area contributed by atoms with Gasteiger partial charge in [0, 0.05) is 6.07 Å². The Hall–Kier alpha value is -2.18. The second-order valence-corrected chi connectivity index (χ2v) is 4.43. The van der Waals surface area contributed by atoms with Gasteiger partial charge in [0.15, 0.2) is 10.7 Å². The number of nitrogens with one attached hydrogen (secondary N) is 1. The fourth-order valence-corrected chi connectivity index (χ4v) is 1.16. The van der Waals surface area contributed by atoms with Crippen molar-refractivity contribution in [2.24, 2.45) is 5.11 Å². The zero-order valence-electron chi connectivity index (χ0n) is 9.88. The molecule has 0 bridgehead atoms. The molecule has 0 heterocycles. The van der Waals surface area contributed by atoms with Crippen molar-refractivity contribution in [3.63, 3.8) is 0 Å². The van der Waals surface area contributed by atoms with Gasteiger partial charge < -0.3 is 5.21 Å². The number of hydrogen-bond acceptors (Lipinski definition) is 4. The number of para-hydroxylation sites is 2. The maximum atomic E-state index is 11.8. The van der Waals surface area contributed by atoms with E-state index in [0.29, 0.717) is 4.86 Å². The van der Waals surface area contributed by atoms with Crippen LogP contribution in [-0.2, 0) is 0 Å². The minimum atomic E-state index is -0.718. The van der Waals surface area contributed by atoms with Crippen LogP contribution in [0.4, 0.5) is 11.4 Å². The minimum absolute atomic E-state index is 0.110. The molecule has 0 radical (unpaired) electrons. The molecular weight excluding hydrogens is 224 g/mol. The molecule has 92 valence electrons. The molecule has 0 aliphatic rings. The first-order chi connectivity index (χ1) is 7.79. The fraction of sp³-hybridized carbons (Fsp3) is 0.400. The number of azo groups is 1. The minimum Gasteiger partial charge on any atom is -0.594 e. The Kier molecular flexibility index (Phi) is 3.62. The smallest absolute Gasteiger partial charge is 0.273 e. The number of hydrogen-bond donors (Lipinski definition) is 1. The second-order valence-electron chi connectivity index (χ2n) is 4.43. The van der Waals surface area contributed by atoms with Crippen LogP contribution in [-0.4, -0.2) is 15.4 Å². The molecule has 7 nitrogen and oxygen atoms in total. The third kappa shape index (κ3) is 4.06. The molecular formula is C10H14N4O3. The predicted molar refractivity (Wildman–Crippen MR) is 62.5 cm³/mol. The summed E-state index contributed by atoms with van der Waals surface area (Å²) in [6, 6.07) is 6.12. The second kappa shape index (κ2) is 4.77. The van der Waals surface area contributed by atoms with Crippen molar-refractivity contribution in [1.82, 2.24) is 0 Å². The lowest BCUT2D eigenvalue weighted by atomic mass is 10.1. The summed E-state index contributed by atoms with van der Waals surface area (Å²) in [5.74, 6) is 0. The zero-order valence-corrected chi connectivity index (χ0v) is 9.88. The standard InChI is InChI=1S/C10H14N4O3/c1-10(2,3)12-13(15)9-7-5-4-6-8(9)11-14(16)17/h4-7,11H,1-3H3. The van der Waals surface area contributed by atoms with Gasteiger partial charge in [-0.05, 0) is 32.0 Å². The van der Waals surface area contributed by atoms with Crippen molar-refractivity contribution in [2.45, 2.75) is 26.3 Å². The molecule has 0 amide bonds. The summed E-state index contributed by atoms with van der Waals surface area (Å²) in [7, 11) is 0. The van der Waals surface area contributed by atoms with E-state index < -0.39 is 10.6 Å². The molecule has 0 unspecified atom stereocenters. The molecule has 1 aromatic carbocycles. The van der Waals surface area contributed by atoms with Crippen LogP contribution in [0.25, 0.3) is 0 Å². The van der Waals surface area contributed by atoms with Gasteiger partial charge in [-0.1, -0.05) is 17.0 Å². The highest BCUT2D eigenvalue weighted by Gasteiger charge is 2.19. The van der Waals surface area contributed by atoms with Crippen LogP contribution in [0.3, 0.4) is 0 Å². The van der Waals surface area contributed by atoms with Gasteiger partial charge in [-0.2, -0.15) is 0 Å². The van der Waals surface area contributed by atoms with E-state index in [2.05, 4.69) is 5.11 Å². The summed E-state index contributed by atoms with van der Waals surface area (Å²) in [6.45, 7) is 5.30. The molecule has 0 aliphatic carbocycles. The first kappa shape index (κ1) is 12.9. The monoisotopic (exact) mass is 238 g/mol. The van der Waals surface area contributed by atoms with Crippen LogP contribution >= 0.6 is 0 Å². The summed E-state index contributed by atoms with van der Waals surface area (Å²) in [5.41, 5.74) is 1.63. The highest BCUT2D eigenvalue weighted by atomic mass is 16.7. The van der Waals surface area contributed by atoms with Gasteiger partial charge in [0.1, 0.15) is 5.54 Å². The first-order valence-electron chi connectivity index (χ1n) is 5.00. The van der Waals surface area contributed by atoms with Crippen molar-refractivity contribution in [3.05, 3.63) is 39.6 Å². The third-order valence-electron chi connectivity index (χ3n) is 1.71. The van der Waals surface area contributed by atoms with Crippen LogP contribution in [0.5, 0.6) is 0 Å². The largest absolute Gasteiger partial charge is 0.594 e. The van der Waals surface area contributed by atoms with Crippen LogP contribution in [0, 0.1) is 15.3 Å². The number of nitro groups is 1. The van der Waals surface area contributed by atoms with Crippen LogP contribution in [0.15, 0.2) is 29.4 Å². The third-order valence-corrected chi connectivity index (χ3v) is 1.71. The maximum Gasteiger partial charge on any atom is 0.273 e. The number of rotatable bonds is 3. The van der Waals surface area contributed by atoms with E-state index in [1.807, 2.05) is 5.43 Å². The normalized spacial score (nSPS) is 12.3. The predicted octanol–water partition coefficient (Wildman–Crippen LogP) is 2.68. The summed E-state index contributed by atoms with van der Waals surface area (Å²) in [6.07, 6.45) is 0. The summed E-state index contributed by atoms with van der Waals surface area (Å²) in [5, 5.41) is 25.3. The average molecular weight is 238 g/mol. The molecule has 0 spiro atoms. The number of nitrogens with zero attached hydrogens (tertiary/aromatic N) is 3. The fourth-order valence-electron chi connectivity index (χ4n) is 1.16. The lowest BCUT2D eigenvalue weighted by Gasteiger charge is -2.10. The van der Waals surface area contributed by atoms with Crippen molar-refractivity contribution in [2.75, 3.05) is 5.43 Å². The number of anilines is 1. The lowest BCUT2D eigenvalue weighted by molar-refractivity contribution is -0.458. The van der Waals surface area contributed by atoms with E-state index in [1.54, 1.807) is 32.9 Å². The van der Waals surface area contributed by atoms with Gasteiger partial charge in [-0.3, -0.25) is 0 Å². The van der Waals surface area contributed by atoms with E-state index in [0.717, 1.165) is 0 Å². The molecule has 7 heteroatoms. The van der Waals surface area contributed by atoms with Gasteiger partial charge in [0.05, 0.1) is 0 Å². The molecule has 17 heavy (non-hydrogen) atoms. The van der Waals surface area contributed by atoms with Gasteiger partial charge in [-0.15, -0.1) is 5.43 Å². The van der Waals surface area contributed by atoms with Crippen molar-refractivity contribution >= 4 is 11.4 Å². The molecule has 0 aliphatic heterocycles. The Morgan fingerprint density at radius 2 is 1.82 bits per heavy atom. The Labute approximate surface area is 98.5 Å². The zero-order chi connectivity index (χ0) is 13.1. The molecule has 1 rings (SSSR count). The Morgan fingerprint density at radius 3 is 2.35 bits per heavy atom.